The molecule has 9 heteroatoms. The van der Waals surface area contributed by atoms with Crippen LogP contribution in [0.4, 0.5) is 5.69 Å². The minimum absolute atomic E-state index is 0.0258. The number of fused-ring (bicyclic) bond motifs is 1. The van der Waals surface area contributed by atoms with Gasteiger partial charge in [-0.2, -0.15) is 4.68 Å². The molecule has 3 aromatic rings. The Morgan fingerprint density at radius 2 is 1.59 bits per heavy atom. The van der Waals surface area contributed by atoms with Gasteiger partial charge in [-0.3, -0.25) is 9.59 Å². The number of benzene rings is 2. The Kier molecular flexibility index (Phi) is 12.7. The number of halogens is 1. The van der Waals surface area contributed by atoms with Crippen molar-refractivity contribution in [1.29, 1.82) is 0 Å². The summed E-state index contributed by atoms with van der Waals surface area (Å²) in [6.07, 6.45) is 17.5. The summed E-state index contributed by atoms with van der Waals surface area (Å²) in [7, 11) is 0. The number of Topliss-reactive ketones (excluding diaryl/α,β-unsaturated/α-hetero) is 1. The topological polar surface area (TPSA) is 89.8 Å². The number of aromatic nitrogens is 4. The fraction of sp³-hybridized carbons (Fsp3) is 0.531. The number of tetrazole rings is 1. The molecule has 1 atom stereocenters. The number of carbonyl (C=O) groups is 2. The normalized spacial score (nSPS) is 14.4. The molecule has 7 nitrogen and oxygen atoms in total. The van der Waals surface area contributed by atoms with Crippen LogP contribution < -0.4 is 5.32 Å². The molecule has 0 spiro atoms. The fourth-order valence-corrected chi connectivity index (χ4v) is 6.64. The Morgan fingerprint density at radius 1 is 0.951 bits per heavy atom. The zero-order chi connectivity index (χ0) is 28.9. The van der Waals surface area contributed by atoms with Crippen molar-refractivity contribution in [3.63, 3.8) is 0 Å². The van der Waals surface area contributed by atoms with Crippen LogP contribution in [0.15, 0.2) is 47.6 Å². The van der Waals surface area contributed by atoms with Crippen molar-refractivity contribution < 1.29 is 9.59 Å². The molecular weight excluding hydrogens is 554 g/mol. The van der Waals surface area contributed by atoms with Crippen LogP contribution in [-0.4, -0.2) is 37.1 Å². The number of carbonyl (C=O) groups excluding carboxylic acids is 2. The number of hydrogen-bond donors (Lipinski definition) is 1. The van der Waals surface area contributed by atoms with E-state index in [0.29, 0.717) is 34.3 Å². The number of para-hydroxylation sites is 1. The van der Waals surface area contributed by atoms with Crippen LogP contribution in [0.1, 0.15) is 113 Å². The summed E-state index contributed by atoms with van der Waals surface area (Å²) in [4.78, 5) is 26.1. The average molecular weight is 596 g/mol. The fourth-order valence-electron chi connectivity index (χ4n) is 5.36. The number of anilines is 1. The van der Waals surface area contributed by atoms with E-state index in [0.717, 1.165) is 24.1 Å². The first-order valence-corrected chi connectivity index (χ1v) is 16.5. The predicted octanol–water partition coefficient (Wildman–Crippen LogP) is 8.64. The highest BCUT2D eigenvalue weighted by atomic mass is 35.5. The number of rotatable bonds is 18. The van der Waals surface area contributed by atoms with Gasteiger partial charge in [-0.05, 0) is 53.1 Å². The van der Waals surface area contributed by atoms with Crippen molar-refractivity contribution in [3.8, 4) is 5.69 Å². The lowest BCUT2D eigenvalue weighted by Crippen LogP contribution is -2.13. The lowest BCUT2D eigenvalue weighted by atomic mass is 10.0. The summed E-state index contributed by atoms with van der Waals surface area (Å²) in [5, 5.41) is 15.7. The lowest BCUT2D eigenvalue weighted by Gasteiger charge is -2.11. The van der Waals surface area contributed by atoms with E-state index in [1.807, 2.05) is 30.3 Å². The largest absolute Gasteiger partial charge is 0.326 e. The van der Waals surface area contributed by atoms with Crippen LogP contribution in [-0.2, 0) is 11.2 Å². The van der Waals surface area contributed by atoms with Gasteiger partial charge in [0.2, 0.25) is 11.1 Å². The van der Waals surface area contributed by atoms with Gasteiger partial charge in [0.15, 0.2) is 5.78 Å². The van der Waals surface area contributed by atoms with Crippen molar-refractivity contribution in [2.45, 2.75) is 114 Å². The molecule has 1 unspecified atom stereocenters. The second kappa shape index (κ2) is 16.7. The van der Waals surface area contributed by atoms with Crippen molar-refractivity contribution in [2.75, 3.05) is 5.32 Å². The average Bonchev–Trinajstić information content (AvgIpc) is 3.56. The molecule has 0 saturated heterocycles. The molecule has 220 valence electrons. The number of nitrogens with one attached hydrogen (secondary N) is 1. The number of thioether (sulfide) groups is 1. The standard InChI is InChI=1S/C32H42ClN5O2S/c1-2-3-4-5-6-7-8-9-10-11-12-13-17-20-30(39)34-28-22-24(33)21-27-26(28)23-29(31(27)40)41-32-35-36-37-38(32)25-18-15-14-16-19-25/h14-16,18-19,21-22,29H,2-13,17,20,23H2,1H3,(H,34,39). The molecule has 1 N–H and O–H groups in total. The summed E-state index contributed by atoms with van der Waals surface area (Å²) in [6, 6.07) is 13.0. The van der Waals surface area contributed by atoms with E-state index in [9.17, 15) is 9.59 Å². The quantitative estimate of drug-likeness (QED) is 0.148. The molecule has 2 aromatic carbocycles. The number of unbranched alkanes of at least 4 members (excludes halogenated alkanes) is 12. The highest BCUT2D eigenvalue weighted by Gasteiger charge is 2.35. The van der Waals surface area contributed by atoms with Gasteiger partial charge in [0.1, 0.15) is 0 Å². The molecule has 0 saturated carbocycles. The van der Waals surface area contributed by atoms with E-state index >= 15 is 0 Å². The van der Waals surface area contributed by atoms with Gasteiger partial charge in [0.25, 0.3) is 0 Å². The smallest absolute Gasteiger partial charge is 0.224 e. The third kappa shape index (κ3) is 9.40. The van der Waals surface area contributed by atoms with Crippen molar-refractivity contribution in [2.24, 2.45) is 0 Å². The summed E-state index contributed by atoms with van der Waals surface area (Å²) in [6.45, 7) is 2.26. The Bertz CT molecular complexity index is 1270. The number of nitrogens with zero attached hydrogens (tertiary/aromatic N) is 4. The predicted molar refractivity (Wildman–Crippen MR) is 167 cm³/mol. The van der Waals surface area contributed by atoms with E-state index in [1.165, 1.54) is 82.4 Å². The molecule has 1 amide bonds. The van der Waals surface area contributed by atoms with Crippen LogP contribution in [0.5, 0.6) is 0 Å². The van der Waals surface area contributed by atoms with Gasteiger partial charge in [-0.15, -0.1) is 5.10 Å². The second-order valence-electron chi connectivity index (χ2n) is 10.9. The second-order valence-corrected chi connectivity index (χ2v) is 12.5. The first-order valence-electron chi connectivity index (χ1n) is 15.2. The van der Waals surface area contributed by atoms with Gasteiger partial charge < -0.3 is 5.32 Å². The van der Waals surface area contributed by atoms with Crippen molar-refractivity contribution in [1.82, 2.24) is 20.2 Å². The van der Waals surface area contributed by atoms with E-state index in [1.54, 1.807) is 16.8 Å². The van der Waals surface area contributed by atoms with E-state index in [4.69, 9.17) is 11.6 Å². The molecule has 1 aliphatic rings. The zero-order valence-corrected chi connectivity index (χ0v) is 25.7. The Balaban J connectivity index is 1.20. The van der Waals surface area contributed by atoms with Gasteiger partial charge in [-0.25, -0.2) is 0 Å². The van der Waals surface area contributed by atoms with Crippen LogP contribution in [0, 0.1) is 0 Å². The molecule has 1 heterocycles. The van der Waals surface area contributed by atoms with Gasteiger partial charge in [0, 0.05) is 22.7 Å². The minimum atomic E-state index is -0.395. The molecule has 1 aromatic heterocycles. The highest BCUT2D eigenvalue weighted by Crippen LogP contribution is 2.39. The molecule has 41 heavy (non-hydrogen) atoms. The summed E-state index contributed by atoms with van der Waals surface area (Å²) in [5.74, 6) is -0.0591. The molecule has 0 radical (unpaired) electrons. The Hall–Kier alpha value is -2.71. The van der Waals surface area contributed by atoms with Gasteiger partial charge in [-0.1, -0.05) is 126 Å². The minimum Gasteiger partial charge on any atom is -0.326 e. The molecule has 0 fully saturated rings. The maximum Gasteiger partial charge on any atom is 0.224 e. The van der Waals surface area contributed by atoms with E-state index in [-0.39, 0.29) is 11.7 Å². The third-order valence-corrected chi connectivity index (χ3v) is 8.98. The molecule has 0 bridgehead atoms. The molecule has 0 aliphatic heterocycles. The van der Waals surface area contributed by atoms with Gasteiger partial charge in [0.05, 0.1) is 10.9 Å². The van der Waals surface area contributed by atoms with Crippen molar-refractivity contribution >= 4 is 40.7 Å². The lowest BCUT2D eigenvalue weighted by molar-refractivity contribution is -0.116. The number of hydrogen-bond acceptors (Lipinski definition) is 6. The first-order chi connectivity index (χ1) is 20.1. The maximum atomic E-state index is 13.3. The summed E-state index contributed by atoms with van der Waals surface area (Å²) < 4.78 is 1.63. The number of ketones is 1. The number of amides is 1. The van der Waals surface area contributed by atoms with E-state index in [2.05, 4.69) is 27.8 Å². The maximum absolute atomic E-state index is 13.3. The highest BCUT2D eigenvalue weighted by molar-refractivity contribution is 8.00. The van der Waals surface area contributed by atoms with E-state index < -0.39 is 5.25 Å². The molecule has 4 rings (SSSR count). The molecule has 1 aliphatic carbocycles. The Morgan fingerprint density at radius 3 is 2.24 bits per heavy atom. The van der Waals surface area contributed by atoms with Crippen LogP contribution in [0.3, 0.4) is 0 Å². The summed E-state index contributed by atoms with van der Waals surface area (Å²) >= 11 is 7.69. The van der Waals surface area contributed by atoms with Crippen molar-refractivity contribution in [3.05, 3.63) is 58.6 Å². The van der Waals surface area contributed by atoms with Gasteiger partial charge >= 0.3 is 0 Å². The summed E-state index contributed by atoms with van der Waals surface area (Å²) in [5.41, 5.74) is 2.85. The monoisotopic (exact) mass is 595 g/mol. The zero-order valence-electron chi connectivity index (χ0n) is 24.1. The van der Waals surface area contributed by atoms with Crippen LogP contribution in [0.2, 0.25) is 5.02 Å². The van der Waals surface area contributed by atoms with Crippen LogP contribution >= 0.6 is 23.4 Å². The molecular formula is C32H42ClN5O2S. The Labute approximate surface area is 253 Å². The first kappa shape index (κ1) is 31.2. The van der Waals surface area contributed by atoms with Crippen LogP contribution in [0.25, 0.3) is 5.69 Å². The SMILES string of the molecule is CCCCCCCCCCCCCCCC(=O)Nc1cc(Cl)cc2c1CC(Sc1nnnn1-c1ccccc1)C2=O. The third-order valence-electron chi connectivity index (χ3n) is 7.63.